The van der Waals surface area contributed by atoms with Crippen LogP contribution in [0.4, 0.5) is 16.2 Å². The van der Waals surface area contributed by atoms with E-state index in [-0.39, 0.29) is 0 Å². The Kier molecular flexibility index (Phi) is 3.75. The minimum Gasteiger partial charge on any atom is -0.397 e. The van der Waals surface area contributed by atoms with Crippen molar-refractivity contribution in [3.63, 3.8) is 0 Å². The third-order valence-electron chi connectivity index (χ3n) is 2.91. The van der Waals surface area contributed by atoms with Crippen LogP contribution in [-0.2, 0) is 4.84 Å². The van der Waals surface area contributed by atoms with E-state index < -0.39 is 6.16 Å². The standard InChI is InChI=1S/C14H12N6O3/c1-16-19(12-8-4-2-6-10(12)15)22-14(21)23-20-13-9-5-3-7-11(13)17-18-20/h2-9H,1,15H2. The van der Waals surface area contributed by atoms with Crippen molar-refractivity contribution in [1.82, 2.24) is 15.2 Å². The topological polar surface area (TPSA) is 108 Å². The molecule has 1 aromatic heterocycles. The molecule has 9 nitrogen and oxygen atoms in total. The highest BCUT2D eigenvalue weighted by Gasteiger charge is 2.17. The van der Waals surface area contributed by atoms with Gasteiger partial charge in [-0.1, -0.05) is 34.3 Å². The van der Waals surface area contributed by atoms with Gasteiger partial charge in [-0.3, -0.25) is 9.68 Å². The number of hydrogen-bond acceptors (Lipinski definition) is 8. The van der Waals surface area contributed by atoms with Crippen molar-refractivity contribution in [3.05, 3.63) is 48.5 Å². The van der Waals surface area contributed by atoms with Gasteiger partial charge >= 0.3 is 6.16 Å². The van der Waals surface area contributed by atoms with Crippen molar-refractivity contribution in [1.29, 1.82) is 0 Å². The third kappa shape index (κ3) is 2.88. The molecule has 0 unspecified atom stereocenters. The fourth-order valence-corrected chi connectivity index (χ4v) is 1.89. The zero-order valence-corrected chi connectivity index (χ0v) is 11.9. The molecule has 0 radical (unpaired) electrons. The summed E-state index contributed by atoms with van der Waals surface area (Å²) in [4.78, 5) is 22.8. The molecule has 116 valence electrons. The van der Waals surface area contributed by atoms with Crippen LogP contribution in [0.1, 0.15) is 0 Å². The molecular formula is C14H12N6O3. The van der Waals surface area contributed by atoms with Crippen LogP contribution in [0.25, 0.3) is 11.0 Å². The predicted octanol–water partition coefficient (Wildman–Crippen LogP) is 1.62. The number of rotatable bonds is 4. The minimum atomic E-state index is -1.07. The summed E-state index contributed by atoms with van der Waals surface area (Å²) in [6.45, 7) is 3.33. The van der Waals surface area contributed by atoms with Gasteiger partial charge in [-0.15, -0.1) is 5.10 Å². The number of benzene rings is 2. The molecular weight excluding hydrogens is 300 g/mol. The maximum Gasteiger partial charge on any atom is 0.562 e. The molecule has 9 heteroatoms. The lowest BCUT2D eigenvalue weighted by Crippen LogP contribution is -2.29. The van der Waals surface area contributed by atoms with E-state index in [0.29, 0.717) is 22.4 Å². The molecule has 0 atom stereocenters. The summed E-state index contributed by atoms with van der Waals surface area (Å²) >= 11 is 0. The number of anilines is 2. The number of fused-ring (bicyclic) bond motifs is 1. The molecule has 23 heavy (non-hydrogen) atoms. The molecule has 0 aliphatic heterocycles. The highest BCUT2D eigenvalue weighted by Crippen LogP contribution is 2.22. The van der Waals surface area contributed by atoms with Gasteiger partial charge in [-0.2, -0.15) is 9.90 Å². The first-order valence-corrected chi connectivity index (χ1v) is 6.51. The van der Waals surface area contributed by atoms with E-state index in [1.165, 1.54) is 0 Å². The van der Waals surface area contributed by atoms with E-state index in [1.54, 1.807) is 48.5 Å². The van der Waals surface area contributed by atoms with Gasteiger partial charge in [-0.05, 0) is 29.5 Å². The highest BCUT2D eigenvalue weighted by molar-refractivity contribution is 5.74. The largest absolute Gasteiger partial charge is 0.562 e. The Hall–Kier alpha value is -3.62. The molecule has 3 aromatic rings. The number of nitrogens with two attached hydrogens (primary N) is 1. The van der Waals surface area contributed by atoms with E-state index in [1.807, 2.05) is 0 Å². The lowest BCUT2D eigenvalue weighted by molar-refractivity contribution is 0.0323. The van der Waals surface area contributed by atoms with Crippen LogP contribution < -0.4 is 15.7 Å². The van der Waals surface area contributed by atoms with Gasteiger partial charge in [-0.25, -0.2) is 0 Å². The van der Waals surface area contributed by atoms with Crippen LogP contribution in [0.15, 0.2) is 53.6 Å². The predicted molar refractivity (Wildman–Crippen MR) is 83.5 cm³/mol. The highest BCUT2D eigenvalue weighted by atomic mass is 16.9. The van der Waals surface area contributed by atoms with Crippen LogP contribution in [0, 0.1) is 0 Å². The Morgan fingerprint density at radius 3 is 2.74 bits per heavy atom. The van der Waals surface area contributed by atoms with Crippen molar-refractivity contribution >= 4 is 35.3 Å². The number of aromatic nitrogens is 3. The van der Waals surface area contributed by atoms with Crippen molar-refractivity contribution in [3.8, 4) is 0 Å². The first-order valence-electron chi connectivity index (χ1n) is 6.51. The number of nitrogens with zero attached hydrogens (tertiary/aromatic N) is 5. The molecule has 2 N–H and O–H groups in total. The average molecular weight is 312 g/mol. The Balaban J connectivity index is 1.76. The average Bonchev–Trinajstić information content (AvgIpc) is 2.96. The number of carbonyl (C=O) groups excluding carboxylic acids is 1. The summed E-state index contributed by atoms with van der Waals surface area (Å²) in [6.07, 6.45) is -1.07. The number of hydrazone groups is 1. The van der Waals surface area contributed by atoms with Crippen molar-refractivity contribution < 1.29 is 14.5 Å². The van der Waals surface area contributed by atoms with Gasteiger partial charge < -0.3 is 5.73 Å². The van der Waals surface area contributed by atoms with Crippen LogP contribution in [0.5, 0.6) is 0 Å². The Morgan fingerprint density at radius 2 is 1.96 bits per heavy atom. The third-order valence-corrected chi connectivity index (χ3v) is 2.91. The van der Waals surface area contributed by atoms with E-state index in [9.17, 15) is 4.79 Å². The van der Waals surface area contributed by atoms with E-state index in [2.05, 4.69) is 22.1 Å². The van der Waals surface area contributed by atoms with Gasteiger partial charge in [0.25, 0.3) is 0 Å². The van der Waals surface area contributed by atoms with E-state index in [0.717, 1.165) is 10.0 Å². The lowest BCUT2D eigenvalue weighted by atomic mass is 10.3. The Labute approximate surface area is 130 Å². The number of carbonyl (C=O) groups is 1. The van der Waals surface area contributed by atoms with Crippen LogP contribution >= 0.6 is 0 Å². The lowest BCUT2D eigenvalue weighted by Gasteiger charge is -2.17. The van der Waals surface area contributed by atoms with Gasteiger partial charge in [0.05, 0.1) is 5.69 Å². The summed E-state index contributed by atoms with van der Waals surface area (Å²) in [5.74, 6) is 0. The molecule has 0 saturated heterocycles. The van der Waals surface area contributed by atoms with Gasteiger partial charge in [0.1, 0.15) is 16.7 Å². The number of hydrogen-bond donors (Lipinski definition) is 1. The molecule has 0 amide bonds. The SMILES string of the molecule is C=NN(OC(=O)On1nnc2ccccc21)c1ccccc1N. The molecule has 0 saturated carbocycles. The van der Waals surface area contributed by atoms with Crippen molar-refractivity contribution in [2.45, 2.75) is 0 Å². The fraction of sp³-hybridized carbons (Fsp3) is 0. The maximum atomic E-state index is 11.9. The van der Waals surface area contributed by atoms with E-state index >= 15 is 0 Å². The molecule has 0 bridgehead atoms. The molecule has 0 spiro atoms. The smallest absolute Gasteiger partial charge is 0.397 e. The van der Waals surface area contributed by atoms with Crippen LogP contribution in [0.2, 0.25) is 0 Å². The summed E-state index contributed by atoms with van der Waals surface area (Å²) in [6, 6.07) is 13.7. The Morgan fingerprint density at radius 1 is 1.22 bits per heavy atom. The molecule has 0 aliphatic carbocycles. The molecule has 3 rings (SSSR count). The van der Waals surface area contributed by atoms with Gasteiger partial charge in [0, 0.05) is 6.72 Å². The van der Waals surface area contributed by atoms with Crippen molar-refractivity contribution in [2.75, 3.05) is 10.9 Å². The first kappa shape index (κ1) is 14.3. The van der Waals surface area contributed by atoms with Gasteiger partial charge in [0.15, 0.2) is 0 Å². The van der Waals surface area contributed by atoms with Crippen LogP contribution in [-0.4, -0.2) is 28.0 Å². The quantitative estimate of drug-likeness (QED) is 0.337. The normalized spacial score (nSPS) is 10.3. The van der Waals surface area contributed by atoms with Crippen LogP contribution in [0.3, 0.4) is 0 Å². The molecule has 0 fully saturated rings. The number of para-hydroxylation sites is 3. The zero-order valence-electron chi connectivity index (χ0n) is 11.9. The second-order valence-corrected chi connectivity index (χ2v) is 4.36. The van der Waals surface area contributed by atoms with E-state index in [4.69, 9.17) is 15.4 Å². The monoisotopic (exact) mass is 312 g/mol. The zero-order chi connectivity index (χ0) is 16.2. The summed E-state index contributed by atoms with van der Waals surface area (Å²) in [7, 11) is 0. The molecule has 1 heterocycles. The minimum absolute atomic E-state index is 0.350. The Bertz CT molecular complexity index is 862. The fourth-order valence-electron chi connectivity index (χ4n) is 1.89. The van der Waals surface area contributed by atoms with Crippen molar-refractivity contribution in [2.24, 2.45) is 5.10 Å². The summed E-state index contributed by atoms with van der Waals surface area (Å²) in [5, 5.41) is 12.0. The first-order chi connectivity index (χ1) is 11.2. The summed E-state index contributed by atoms with van der Waals surface area (Å²) < 4.78 is 0. The second-order valence-electron chi connectivity index (χ2n) is 4.36. The van der Waals surface area contributed by atoms with Gasteiger partial charge in [0.2, 0.25) is 0 Å². The molecule has 0 aliphatic rings. The second kappa shape index (κ2) is 6.02. The molecule has 2 aromatic carbocycles. The number of nitrogen functional groups attached to an aromatic ring is 1. The summed E-state index contributed by atoms with van der Waals surface area (Å²) in [5.41, 5.74) is 7.59. The maximum absolute atomic E-state index is 11.9.